The Balaban J connectivity index is 2.33. The van der Waals surface area contributed by atoms with Gasteiger partial charge in [-0.15, -0.1) is 0 Å². The second-order valence-corrected chi connectivity index (χ2v) is 4.94. The summed E-state index contributed by atoms with van der Waals surface area (Å²) in [4.78, 5) is 13.7. The molecule has 1 amide bonds. The van der Waals surface area contributed by atoms with Crippen molar-refractivity contribution in [2.75, 3.05) is 20.7 Å². The zero-order valence-electron chi connectivity index (χ0n) is 10.2. The second-order valence-electron chi connectivity index (χ2n) is 4.54. The summed E-state index contributed by atoms with van der Waals surface area (Å²) in [5.41, 5.74) is 1.58. The molecule has 0 fully saturated rings. The van der Waals surface area contributed by atoms with Crippen molar-refractivity contribution in [3.05, 3.63) is 28.9 Å². The number of hydrogen-bond donors (Lipinski definition) is 0. The summed E-state index contributed by atoms with van der Waals surface area (Å²) in [5.74, 6) is 0.772. The maximum absolute atomic E-state index is 12.2. The van der Waals surface area contributed by atoms with Gasteiger partial charge in [0.05, 0.1) is 17.1 Å². The molecule has 0 unspecified atom stereocenters. The van der Waals surface area contributed by atoms with E-state index in [1.807, 2.05) is 16.7 Å². The molecule has 3 rings (SSSR count). The fraction of sp³-hybridized carbons (Fsp3) is 0.308. The molecule has 0 spiro atoms. The maximum Gasteiger partial charge on any atom is 0.269 e. The molecule has 4 nitrogen and oxygen atoms in total. The molecule has 1 aliphatic rings. The van der Waals surface area contributed by atoms with Crippen molar-refractivity contribution in [2.24, 2.45) is 0 Å². The summed E-state index contributed by atoms with van der Waals surface area (Å²) in [7, 11) is 3.49. The van der Waals surface area contributed by atoms with Crippen LogP contribution in [-0.4, -0.2) is 36.1 Å². The first kappa shape index (κ1) is 11.4. The zero-order valence-corrected chi connectivity index (χ0v) is 11.0. The number of halogens is 1. The van der Waals surface area contributed by atoms with Crippen molar-refractivity contribution in [1.29, 1.82) is 0 Å². The molecule has 2 aromatic rings. The Labute approximate surface area is 110 Å². The van der Waals surface area contributed by atoms with Gasteiger partial charge in [-0.25, -0.2) is 0 Å². The molecule has 1 aliphatic heterocycles. The standard InChI is InChI=1S/C13H13ClN2O2/c1-15(2)13(17)10-7-8-9(14)3-4-11-12(8)16(10)5-6-18-11/h3-4,7H,5-6H2,1-2H3. The van der Waals surface area contributed by atoms with E-state index in [4.69, 9.17) is 16.3 Å². The number of amides is 1. The topological polar surface area (TPSA) is 34.5 Å². The minimum Gasteiger partial charge on any atom is -0.490 e. The molecule has 18 heavy (non-hydrogen) atoms. The largest absolute Gasteiger partial charge is 0.490 e. The van der Waals surface area contributed by atoms with E-state index in [9.17, 15) is 4.79 Å². The smallest absolute Gasteiger partial charge is 0.269 e. The van der Waals surface area contributed by atoms with E-state index in [0.29, 0.717) is 23.9 Å². The molecule has 0 saturated heterocycles. The lowest BCUT2D eigenvalue weighted by molar-refractivity contribution is 0.0816. The monoisotopic (exact) mass is 264 g/mol. The first-order valence-corrected chi connectivity index (χ1v) is 6.13. The zero-order chi connectivity index (χ0) is 12.9. The van der Waals surface area contributed by atoms with Gasteiger partial charge in [0, 0.05) is 19.5 Å². The highest BCUT2D eigenvalue weighted by atomic mass is 35.5. The van der Waals surface area contributed by atoms with Crippen molar-refractivity contribution >= 4 is 28.4 Å². The lowest BCUT2D eigenvalue weighted by atomic mass is 10.2. The van der Waals surface area contributed by atoms with E-state index >= 15 is 0 Å². The minimum absolute atomic E-state index is 0.0184. The maximum atomic E-state index is 12.2. The Hall–Kier alpha value is -1.68. The van der Waals surface area contributed by atoms with Crippen LogP contribution in [0.4, 0.5) is 0 Å². The number of nitrogens with zero attached hydrogens (tertiary/aromatic N) is 2. The number of carbonyl (C=O) groups excluding carboxylic acids is 1. The number of ether oxygens (including phenoxy) is 1. The van der Waals surface area contributed by atoms with Gasteiger partial charge in [-0.3, -0.25) is 4.79 Å². The predicted molar refractivity (Wildman–Crippen MR) is 70.5 cm³/mol. The van der Waals surface area contributed by atoms with Gasteiger partial charge in [0.25, 0.3) is 5.91 Å². The van der Waals surface area contributed by atoms with E-state index in [-0.39, 0.29) is 5.91 Å². The van der Waals surface area contributed by atoms with Crippen LogP contribution < -0.4 is 4.74 Å². The molecule has 0 aliphatic carbocycles. The first-order valence-electron chi connectivity index (χ1n) is 5.76. The minimum atomic E-state index is -0.0184. The Morgan fingerprint density at radius 3 is 2.94 bits per heavy atom. The molecule has 2 heterocycles. The van der Waals surface area contributed by atoms with Gasteiger partial charge in [-0.05, 0) is 18.2 Å². The molecular weight excluding hydrogens is 252 g/mol. The number of aromatic nitrogens is 1. The summed E-state index contributed by atoms with van der Waals surface area (Å²) >= 11 is 6.19. The van der Waals surface area contributed by atoms with Crippen LogP contribution in [0.25, 0.3) is 10.9 Å². The number of carbonyl (C=O) groups is 1. The predicted octanol–water partition coefficient (Wildman–Crippen LogP) is 2.39. The van der Waals surface area contributed by atoms with Gasteiger partial charge < -0.3 is 14.2 Å². The number of rotatable bonds is 1. The molecular formula is C13H13ClN2O2. The van der Waals surface area contributed by atoms with Gasteiger partial charge in [-0.1, -0.05) is 11.6 Å². The van der Waals surface area contributed by atoms with Crippen molar-refractivity contribution < 1.29 is 9.53 Å². The molecule has 0 saturated carbocycles. The fourth-order valence-electron chi connectivity index (χ4n) is 2.32. The summed E-state index contributed by atoms with van der Waals surface area (Å²) in [6.45, 7) is 1.25. The Morgan fingerprint density at radius 1 is 1.44 bits per heavy atom. The summed E-state index contributed by atoms with van der Waals surface area (Å²) in [6, 6.07) is 5.50. The molecule has 5 heteroatoms. The molecule has 0 N–H and O–H groups in total. The number of benzene rings is 1. The van der Waals surface area contributed by atoms with Gasteiger partial charge in [0.15, 0.2) is 0 Å². The highest BCUT2D eigenvalue weighted by molar-refractivity contribution is 6.36. The van der Waals surface area contributed by atoms with Crippen LogP contribution >= 0.6 is 11.6 Å². The van der Waals surface area contributed by atoms with E-state index in [0.717, 1.165) is 16.7 Å². The van der Waals surface area contributed by atoms with Crippen molar-refractivity contribution in [2.45, 2.75) is 6.54 Å². The highest BCUT2D eigenvalue weighted by Crippen LogP contribution is 2.36. The molecule has 1 aromatic heterocycles. The average Bonchev–Trinajstić information content (AvgIpc) is 2.74. The Kier molecular flexibility index (Phi) is 2.48. The Bertz CT molecular complexity index is 646. The van der Waals surface area contributed by atoms with Gasteiger partial charge >= 0.3 is 0 Å². The third-order valence-corrected chi connectivity index (χ3v) is 3.50. The third-order valence-electron chi connectivity index (χ3n) is 3.17. The van der Waals surface area contributed by atoms with Crippen LogP contribution in [0.3, 0.4) is 0 Å². The van der Waals surface area contributed by atoms with Crippen molar-refractivity contribution in [3.63, 3.8) is 0 Å². The van der Waals surface area contributed by atoms with Gasteiger partial charge in [0.1, 0.15) is 18.1 Å². The highest BCUT2D eigenvalue weighted by Gasteiger charge is 2.23. The van der Waals surface area contributed by atoms with E-state index in [1.165, 1.54) is 0 Å². The van der Waals surface area contributed by atoms with E-state index in [1.54, 1.807) is 25.1 Å². The molecule has 0 bridgehead atoms. The lowest BCUT2D eigenvalue weighted by Gasteiger charge is -2.20. The molecule has 1 aromatic carbocycles. The van der Waals surface area contributed by atoms with E-state index < -0.39 is 0 Å². The SMILES string of the molecule is CN(C)C(=O)c1cc2c(Cl)ccc3c2n1CCO3. The van der Waals surface area contributed by atoms with Crippen molar-refractivity contribution in [1.82, 2.24) is 9.47 Å². The van der Waals surface area contributed by atoms with Gasteiger partial charge in [-0.2, -0.15) is 0 Å². The van der Waals surface area contributed by atoms with E-state index in [2.05, 4.69) is 0 Å². The van der Waals surface area contributed by atoms with Crippen LogP contribution in [0.2, 0.25) is 5.02 Å². The Morgan fingerprint density at radius 2 is 2.22 bits per heavy atom. The number of hydrogen-bond acceptors (Lipinski definition) is 2. The molecule has 0 radical (unpaired) electrons. The summed E-state index contributed by atoms with van der Waals surface area (Å²) < 4.78 is 7.59. The molecule has 94 valence electrons. The van der Waals surface area contributed by atoms with Crippen LogP contribution in [0, 0.1) is 0 Å². The quantitative estimate of drug-likeness (QED) is 0.793. The normalized spacial score (nSPS) is 13.5. The van der Waals surface area contributed by atoms with Crippen LogP contribution in [0.1, 0.15) is 10.5 Å². The third kappa shape index (κ3) is 1.49. The molecule has 0 atom stereocenters. The summed E-state index contributed by atoms with van der Waals surface area (Å²) in [6.07, 6.45) is 0. The first-order chi connectivity index (χ1) is 8.59. The second kappa shape index (κ2) is 3.92. The fourth-order valence-corrected chi connectivity index (χ4v) is 2.52. The van der Waals surface area contributed by atoms with Crippen LogP contribution in [0.15, 0.2) is 18.2 Å². The van der Waals surface area contributed by atoms with Crippen LogP contribution in [-0.2, 0) is 6.54 Å². The lowest BCUT2D eigenvalue weighted by Crippen LogP contribution is -2.26. The summed E-state index contributed by atoms with van der Waals surface area (Å²) in [5, 5.41) is 1.52. The van der Waals surface area contributed by atoms with Crippen molar-refractivity contribution in [3.8, 4) is 5.75 Å². The average molecular weight is 265 g/mol. The van der Waals surface area contributed by atoms with Gasteiger partial charge in [0.2, 0.25) is 0 Å². The van der Waals surface area contributed by atoms with Crippen LogP contribution in [0.5, 0.6) is 5.75 Å².